The molecule has 0 spiro atoms. The van der Waals surface area contributed by atoms with E-state index in [-0.39, 0.29) is 58.6 Å². The summed E-state index contributed by atoms with van der Waals surface area (Å²) in [6.07, 6.45) is 1.35. The van der Waals surface area contributed by atoms with Crippen LogP contribution in [-0.4, -0.2) is 39.6 Å². The highest BCUT2D eigenvalue weighted by molar-refractivity contribution is 6.37. The van der Waals surface area contributed by atoms with Gasteiger partial charge in [-0.3, -0.25) is 30.6 Å². The summed E-state index contributed by atoms with van der Waals surface area (Å²) in [6.45, 7) is 3.29. The lowest BCUT2D eigenvalue weighted by Gasteiger charge is -2.10. The Kier molecular flexibility index (Phi) is 8.08. The Labute approximate surface area is 224 Å². The number of hydrogen-bond acceptors (Lipinski definition) is 10. The number of allylic oxidation sites excluding steroid dienone is 1. The first-order chi connectivity index (χ1) is 19.2. The van der Waals surface area contributed by atoms with Gasteiger partial charge in [0, 0.05) is 36.2 Å². The van der Waals surface area contributed by atoms with E-state index in [2.05, 4.69) is 27.1 Å². The van der Waals surface area contributed by atoms with Crippen LogP contribution in [0.5, 0.6) is 5.75 Å². The molecule has 0 amide bonds. The molecule has 1 heterocycles. The fraction of sp³-hybridized carbons (Fsp3) is 0.0769. The molecule has 1 aliphatic rings. The van der Waals surface area contributed by atoms with Crippen molar-refractivity contribution in [2.24, 2.45) is 15.1 Å². The lowest BCUT2D eigenvalue weighted by molar-refractivity contribution is -0.385. The number of halogens is 2. The van der Waals surface area contributed by atoms with Crippen LogP contribution in [0.2, 0.25) is 0 Å². The molecule has 12 nitrogen and oxygen atoms in total. The monoisotopic (exact) mass is 548 g/mol. The summed E-state index contributed by atoms with van der Waals surface area (Å²) in [5, 5.41) is 26.2. The molecule has 0 radical (unpaired) electrons. The van der Waals surface area contributed by atoms with Crippen molar-refractivity contribution in [3.05, 3.63) is 116 Å². The van der Waals surface area contributed by atoms with Crippen molar-refractivity contribution in [2.45, 2.75) is 6.42 Å². The van der Waals surface area contributed by atoms with Crippen LogP contribution in [0.15, 0.2) is 88.4 Å². The predicted molar refractivity (Wildman–Crippen MR) is 141 cm³/mol. The van der Waals surface area contributed by atoms with Crippen molar-refractivity contribution in [3.8, 4) is 5.75 Å². The number of aliphatic imine (C=N–C) groups is 2. The van der Waals surface area contributed by atoms with Gasteiger partial charge in [-0.25, -0.2) is 18.6 Å². The molecule has 0 saturated heterocycles. The molecular formula is C26H18F2N6O6. The third-order valence-corrected chi connectivity index (χ3v) is 5.44. The highest BCUT2D eigenvalue weighted by atomic mass is 19.1. The largest absolute Gasteiger partial charge is 0.422 e. The summed E-state index contributed by atoms with van der Waals surface area (Å²) in [5.74, 6) is -2.65. The number of rotatable bonds is 8. The lowest BCUT2D eigenvalue weighted by atomic mass is 9.99. The number of esters is 1. The quantitative estimate of drug-likeness (QED) is 0.106. The van der Waals surface area contributed by atoms with Crippen molar-refractivity contribution < 1.29 is 28.2 Å². The molecule has 4 rings (SSSR count). The number of nitrogens with one attached hydrogen (secondary N) is 1. The Balaban J connectivity index is 1.66. The van der Waals surface area contributed by atoms with Crippen molar-refractivity contribution in [1.29, 1.82) is 0 Å². The van der Waals surface area contributed by atoms with E-state index in [9.17, 15) is 33.8 Å². The highest BCUT2D eigenvalue weighted by Gasteiger charge is 2.24. The minimum Gasteiger partial charge on any atom is -0.422 e. The average molecular weight is 548 g/mol. The number of benzene rings is 3. The number of hydrazone groups is 1. The van der Waals surface area contributed by atoms with E-state index in [1.807, 2.05) is 0 Å². The van der Waals surface area contributed by atoms with Gasteiger partial charge in [-0.05, 0) is 30.3 Å². The second-order valence-electron chi connectivity index (χ2n) is 8.08. The van der Waals surface area contributed by atoms with Gasteiger partial charge in [0.05, 0.1) is 33.4 Å². The summed E-state index contributed by atoms with van der Waals surface area (Å²) in [7, 11) is 0. The molecule has 3 aromatic rings. The van der Waals surface area contributed by atoms with Crippen molar-refractivity contribution in [1.82, 2.24) is 5.43 Å². The van der Waals surface area contributed by atoms with Crippen LogP contribution < -0.4 is 10.2 Å². The van der Waals surface area contributed by atoms with Crippen molar-refractivity contribution >= 4 is 40.3 Å². The third kappa shape index (κ3) is 6.07. The molecule has 0 aliphatic carbocycles. The van der Waals surface area contributed by atoms with Gasteiger partial charge < -0.3 is 4.74 Å². The Morgan fingerprint density at radius 1 is 1.05 bits per heavy atom. The summed E-state index contributed by atoms with van der Waals surface area (Å²) in [5.41, 5.74) is 1.37. The summed E-state index contributed by atoms with van der Waals surface area (Å²) in [6, 6.07) is 11.7. The van der Waals surface area contributed by atoms with Crippen LogP contribution in [0.3, 0.4) is 0 Å². The standard InChI is InChI=1S/C26H18F2N6O6/c1-2-4-22(26(35)40-17-10-7-15(8-11-17)33(36)37)31-32-23-14-29-25(24-19(27)5-3-6-20(24)28)18-13-16(34(38)39)9-12-21(18)30-23/h2-3,5-13H,1,4,14H2,(H,30,32). The first kappa shape index (κ1) is 27.4. The molecule has 0 bridgehead atoms. The number of amidine groups is 1. The smallest absolute Gasteiger partial charge is 0.360 e. The normalized spacial score (nSPS) is 12.8. The fourth-order valence-electron chi connectivity index (χ4n) is 3.59. The van der Waals surface area contributed by atoms with Gasteiger partial charge in [0.2, 0.25) is 0 Å². The van der Waals surface area contributed by atoms with E-state index in [0.717, 1.165) is 18.2 Å². The number of hydrogen-bond donors (Lipinski definition) is 1. The van der Waals surface area contributed by atoms with Gasteiger partial charge in [0.1, 0.15) is 28.9 Å². The van der Waals surface area contributed by atoms with Crippen LogP contribution in [0.4, 0.5) is 25.8 Å². The number of carbonyl (C=O) groups excluding carboxylic acids is 1. The summed E-state index contributed by atoms with van der Waals surface area (Å²) >= 11 is 0. The molecule has 0 unspecified atom stereocenters. The van der Waals surface area contributed by atoms with Gasteiger partial charge in [-0.15, -0.1) is 6.58 Å². The lowest BCUT2D eigenvalue weighted by Crippen LogP contribution is -2.27. The molecule has 1 N–H and O–H groups in total. The van der Waals surface area contributed by atoms with Gasteiger partial charge >= 0.3 is 5.97 Å². The Morgan fingerprint density at radius 3 is 2.33 bits per heavy atom. The topological polar surface area (TPSA) is 162 Å². The minimum absolute atomic E-state index is 0.0166. The number of nitrogens with zero attached hydrogens (tertiary/aromatic N) is 5. The van der Waals surface area contributed by atoms with Gasteiger partial charge in [0.25, 0.3) is 11.4 Å². The second kappa shape index (κ2) is 11.8. The number of nitro benzene ring substituents is 2. The van der Waals surface area contributed by atoms with E-state index >= 15 is 0 Å². The predicted octanol–water partition coefficient (Wildman–Crippen LogP) is 4.79. The van der Waals surface area contributed by atoms with Crippen LogP contribution in [0, 0.1) is 31.9 Å². The van der Waals surface area contributed by atoms with Gasteiger partial charge in [-0.1, -0.05) is 12.1 Å². The number of nitro groups is 2. The van der Waals surface area contributed by atoms with E-state index in [4.69, 9.17) is 4.74 Å². The Hall–Kier alpha value is -5.66. The fourth-order valence-corrected chi connectivity index (χ4v) is 3.59. The number of carbonyl (C=O) groups is 1. The zero-order valence-corrected chi connectivity index (χ0v) is 20.4. The van der Waals surface area contributed by atoms with E-state index in [1.165, 1.54) is 48.5 Å². The molecular weight excluding hydrogens is 530 g/mol. The van der Waals surface area contributed by atoms with Crippen LogP contribution in [-0.2, 0) is 4.79 Å². The molecule has 40 heavy (non-hydrogen) atoms. The van der Waals surface area contributed by atoms with E-state index < -0.39 is 33.0 Å². The third-order valence-electron chi connectivity index (χ3n) is 5.44. The number of fused-ring (bicyclic) bond motifs is 1. The van der Waals surface area contributed by atoms with Crippen LogP contribution in [0.25, 0.3) is 0 Å². The van der Waals surface area contributed by atoms with E-state index in [0.29, 0.717) is 0 Å². The summed E-state index contributed by atoms with van der Waals surface area (Å²) < 4.78 is 34.6. The van der Waals surface area contributed by atoms with Gasteiger partial charge in [0.15, 0.2) is 0 Å². The van der Waals surface area contributed by atoms with Crippen molar-refractivity contribution in [3.63, 3.8) is 0 Å². The molecule has 1 aliphatic heterocycles. The maximum atomic E-state index is 14.7. The maximum absolute atomic E-state index is 14.7. The first-order valence-electron chi connectivity index (χ1n) is 11.4. The molecule has 202 valence electrons. The highest BCUT2D eigenvalue weighted by Crippen LogP contribution is 2.30. The van der Waals surface area contributed by atoms with Crippen LogP contribution in [0.1, 0.15) is 17.5 Å². The SMILES string of the molecule is C=CCC(=NNC1=Nc2ccc([N+](=O)[O-])cc2C(c2c(F)cccc2F)=NC1)C(=O)Oc1ccc([N+](=O)[O-])cc1. The molecule has 3 aromatic carbocycles. The van der Waals surface area contributed by atoms with Crippen LogP contribution >= 0.6 is 0 Å². The Bertz CT molecular complexity index is 1600. The molecule has 0 fully saturated rings. The second-order valence-corrected chi connectivity index (χ2v) is 8.08. The molecule has 0 aromatic heterocycles. The van der Waals surface area contributed by atoms with Crippen molar-refractivity contribution in [2.75, 3.05) is 6.54 Å². The first-order valence-corrected chi connectivity index (χ1v) is 11.4. The number of ether oxygens (including phenoxy) is 1. The number of non-ortho nitro benzene ring substituents is 2. The molecule has 0 saturated carbocycles. The average Bonchev–Trinajstić information content (AvgIpc) is 3.10. The zero-order chi connectivity index (χ0) is 28.8. The maximum Gasteiger partial charge on any atom is 0.360 e. The molecule has 0 atom stereocenters. The minimum atomic E-state index is -0.923. The Morgan fingerprint density at radius 2 is 1.70 bits per heavy atom. The van der Waals surface area contributed by atoms with Gasteiger partial charge in [-0.2, -0.15) is 5.10 Å². The molecule has 14 heteroatoms. The summed E-state index contributed by atoms with van der Waals surface area (Å²) in [4.78, 5) is 42.2. The van der Waals surface area contributed by atoms with E-state index in [1.54, 1.807) is 0 Å². The zero-order valence-electron chi connectivity index (χ0n) is 20.4.